The first-order valence-corrected chi connectivity index (χ1v) is 9.18. The molecule has 1 atom stereocenters. The predicted molar refractivity (Wildman–Crippen MR) is 88.6 cm³/mol. The Kier molecular flexibility index (Phi) is 4.91. The van der Waals surface area contributed by atoms with Crippen molar-refractivity contribution in [3.05, 3.63) is 60.2 Å². The first kappa shape index (κ1) is 14.9. The number of carbonyl (C=O) groups excluding carboxylic acids is 1. The molecule has 0 aliphatic carbocycles. The van der Waals surface area contributed by atoms with Gasteiger partial charge >= 0.3 is 136 Å². The van der Waals surface area contributed by atoms with Crippen molar-refractivity contribution >= 4 is 30.5 Å². The molecule has 0 spiro atoms. The third kappa shape index (κ3) is 3.98. The number of nitrogens with one attached hydrogen (secondary N) is 1. The van der Waals surface area contributed by atoms with Gasteiger partial charge in [0.25, 0.3) is 0 Å². The SMILES string of the molecule is O=C(COc1cccc([AsH]C2=NCCN2)c1)c1cc[c]cc1. The van der Waals surface area contributed by atoms with Crippen LogP contribution in [0.4, 0.5) is 0 Å². The molecule has 1 N–H and O–H groups in total. The van der Waals surface area contributed by atoms with Gasteiger partial charge in [-0.3, -0.25) is 0 Å². The summed E-state index contributed by atoms with van der Waals surface area (Å²) in [7, 11) is 0. The molecule has 1 aliphatic heterocycles. The summed E-state index contributed by atoms with van der Waals surface area (Å²) < 4.78 is 8.00. The van der Waals surface area contributed by atoms with Crippen LogP contribution in [0.25, 0.3) is 0 Å². The maximum atomic E-state index is 12.0. The molecular formula is C17H16AsN2O2. The van der Waals surface area contributed by atoms with Crippen molar-refractivity contribution in [1.29, 1.82) is 0 Å². The molecule has 1 radical (unpaired) electrons. The first-order chi connectivity index (χ1) is 10.8. The molecule has 1 heterocycles. The van der Waals surface area contributed by atoms with E-state index in [0.717, 1.165) is 23.5 Å². The van der Waals surface area contributed by atoms with E-state index in [1.165, 1.54) is 4.35 Å². The second-order valence-electron chi connectivity index (χ2n) is 4.81. The van der Waals surface area contributed by atoms with Crippen LogP contribution in [0.1, 0.15) is 10.4 Å². The molecule has 111 valence electrons. The van der Waals surface area contributed by atoms with E-state index in [2.05, 4.69) is 22.4 Å². The first-order valence-electron chi connectivity index (χ1n) is 7.09. The summed E-state index contributed by atoms with van der Waals surface area (Å²) in [5, 5.41) is 3.30. The summed E-state index contributed by atoms with van der Waals surface area (Å²) in [6.45, 7) is 1.86. The molecule has 0 saturated carbocycles. The van der Waals surface area contributed by atoms with Gasteiger partial charge in [-0.2, -0.15) is 0 Å². The fourth-order valence-electron chi connectivity index (χ4n) is 2.09. The fourth-order valence-corrected chi connectivity index (χ4v) is 4.34. The van der Waals surface area contributed by atoms with Crippen molar-refractivity contribution in [2.75, 3.05) is 19.7 Å². The van der Waals surface area contributed by atoms with Crippen LogP contribution in [0, 0.1) is 6.07 Å². The molecule has 5 heteroatoms. The van der Waals surface area contributed by atoms with Crippen molar-refractivity contribution < 1.29 is 9.53 Å². The topological polar surface area (TPSA) is 50.7 Å². The van der Waals surface area contributed by atoms with Gasteiger partial charge in [0.05, 0.1) is 0 Å². The molecule has 1 unspecified atom stereocenters. The Morgan fingerprint density at radius 2 is 2.18 bits per heavy atom. The fraction of sp³-hybridized carbons (Fsp3) is 0.176. The van der Waals surface area contributed by atoms with Crippen LogP contribution in [0.3, 0.4) is 0 Å². The van der Waals surface area contributed by atoms with Crippen LogP contribution in [0.2, 0.25) is 0 Å². The summed E-state index contributed by atoms with van der Waals surface area (Å²) in [5.74, 6) is 0.702. The minimum absolute atomic E-state index is 0.0303. The van der Waals surface area contributed by atoms with E-state index in [9.17, 15) is 4.79 Å². The molecule has 3 rings (SSSR count). The van der Waals surface area contributed by atoms with E-state index in [0.29, 0.717) is 5.56 Å². The number of hydrogen-bond donors (Lipinski definition) is 1. The Hall–Kier alpha value is -2.06. The average Bonchev–Trinajstić information content (AvgIpc) is 3.07. The number of hydrogen-bond acceptors (Lipinski definition) is 4. The molecule has 2 aromatic carbocycles. The zero-order valence-electron chi connectivity index (χ0n) is 12.0. The molecule has 1 aliphatic rings. The monoisotopic (exact) mass is 355 g/mol. The standard InChI is InChI=1S/C17H16AsN2O2/c21-16(13-5-2-1-3-6-13)12-22-15-8-4-7-14(11-15)18-17-19-9-10-20-17/h2-8,11,18H,9-10,12H2,(H,19,20). The van der Waals surface area contributed by atoms with Crippen molar-refractivity contribution in [3.63, 3.8) is 0 Å². The normalized spacial score (nSPS) is 13.9. The zero-order valence-corrected chi connectivity index (χ0v) is 14.1. The van der Waals surface area contributed by atoms with Gasteiger partial charge in [-0.25, -0.2) is 0 Å². The Bertz CT molecular complexity index is 686. The number of rotatable bonds is 6. The minimum atomic E-state index is -0.440. The number of ketones is 1. The maximum absolute atomic E-state index is 12.0. The van der Waals surface area contributed by atoms with Crippen molar-refractivity contribution in [3.8, 4) is 5.75 Å². The Morgan fingerprint density at radius 3 is 2.95 bits per heavy atom. The third-order valence-corrected chi connectivity index (χ3v) is 5.64. The van der Waals surface area contributed by atoms with Crippen molar-refractivity contribution in [2.24, 2.45) is 4.99 Å². The van der Waals surface area contributed by atoms with Crippen LogP contribution in [-0.2, 0) is 0 Å². The van der Waals surface area contributed by atoms with Crippen LogP contribution in [0.15, 0.2) is 53.5 Å². The summed E-state index contributed by atoms with van der Waals surface area (Å²) in [5.41, 5.74) is 0.646. The molecule has 0 saturated heterocycles. The Balaban J connectivity index is 1.59. The number of amidine groups is 1. The van der Waals surface area contributed by atoms with E-state index in [4.69, 9.17) is 4.74 Å². The number of aliphatic imine (C=N–C) groups is 1. The van der Waals surface area contributed by atoms with Crippen LogP contribution >= 0.6 is 0 Å². The van der Waals surface area contributed by atoms with Gasteiger partial charge in [-0.15, -0.1) is 0 Å². The molecule has 0 amide bonds. The molecule has 22 heavy (non-hydrogen) atoms. The summed E-state index contributed by atoms with van der Waals surface area (Å²) in [6, 6.07) is 17.8. The molecule has 2 aromatic rings. The van der Waals surface area contributed by atoms with E-state index in [1.54, 1.807) is 24.3 Å². The van der Waals surface area contributed by atoms with E-state index in [1.807, 2.05) is 18.2 Å². The number of carbonyl (C=O) groups is 1. The summed E-state index contributed by atoms with van der Waals surface area (Å²) >= 11 is -0.440. The van der Waals surface area contributed by atoms with Gasteiger partial charge in [0, 0.05) is 0 Å². The van der Waals surface area contributed by atoms with Crippen LogP contribution in [0.5, 0.6) is 5.75 Å². The molecule has 0 aromatic heterocycles. The molecular weight excluding hydrogens is 339 g/mol. The van der Waals surface area contributed by atoms with Gasteiger partial charge in [0.15, 0.2) is 0 Å². The van der Waals surface area contributed by atoms with Crippen LogP contribution < -0.4 is 14.4 Å². The molecule has 0 bridgehead atoms. The van der Waals surface area contributed by atoms with Crippen molar-refractivity contribution in [1.82, 2.24) is 5.32 Å². The van der Waals surface area contributed by atoms with E-state index >= 15 is 0 Å². The van der Waals surface area contributed by atoms with Gasteiger partial charge < -0.3 is 0 Å². The molecule has 0 fully saturated rings. The number of benzene rings is 2. The number of nitrogens with zero attached hydrogens (tertiary/aromatic N) is 1. The summed E-state index contributed by atoms with van der Waals surface area (Å²) in [6.07, 6.45) is 0. The van der Waals surface area contributed by atoms with E-state index in [-0.39, 0.29) is 12.4 Å². The van der Waals surface area contributed by atoms with Gasteiger partial charge in [0.1, 0.15) is 0 Å². The van der Waals surface area contributed by atoms with Crippen molar-refractivity contribution in [2.45, 2.75) is 0 Å². The quantitative estimate of drug-likeness (QED) is 0.615. The second kappa shape index (κ2) is 7.28. The number of ether oxygens (including phenoxy) is 1. The third-order valence-electron chi connectivity index (χ3n) is 3.18. The van der Waals surface area contributed by atoms with E-state index < -0.39 is 15.8 Å². The zero-order chi connectivity index (χ0) is 15.2. The Labute approximate surface area is 136 Å². The van der Waals surface area contributed by atoms with Gasteiger partial charge in [0.2, 0.25) is 0 Å². The van der Waals surface area contributed by atoms with Gasteiger partial charge in [-0.05, 0) is 0 Å². The average molecular weight is 355 g/mol. The predicted octanol–water partition coefficient (Wildman–Crippen LogP) is 0.769. The van der Waals surface area contributed by atoms with Crippen LogP contribution in [-0.4, -0.2) is 45.9 Å². The molecule has 4 nitrogen and oxygen atoms in total. The Morgan fingerprint density at radius 1 is 1.32 bits per heavy atom. The second-order valence-corrected chi connectivity index (χ2v) is 7.54. The van der Waals surface area contributed by atoms with Gasteiger partial charge in [-0.1, -0.05) is 0 Å². The summed E-state index contributed by atoms with van der Waals surface area (Å²) in [4.78, 5) is 16.5. The number of Topliss-reactive ketones (excluding diaryl/α,β-unsaturated/α-hetero) is 1.